The standard InChI is InChI=1S/C13H12N3/c1-2-16-13-5-11-9-3-8(6-14-7-9)10(11)4-12(13)15-1/h1-2,4-5,8-9H,3,6-7H2/q-1/t8-,9+. The molecule has 1 aromatic carbocycles. The normalized spacial score (nSPS) is 27.0. The van der Waals surface area contributed by atoms with Crippen molar-refractivity contribution in [2.45, 2.75) is 18.3 Å². The number of fused-ring (bicyclic) bond motifs is 6. The lowest BCUT2D eigenvalue weighted by atomic mass is 9.98. The molecule has 16 heavy (non-hydrogen) atoms. The first-order valence-corrected chi connectivity index (χ1v) is 5.79. The second kappa shape index (κ2) is 3.01. The van der Waals surface area contributed by atoms with Gasteiger partial charge in [-0.3, -0.25) is 9.97 Å². The summed E-state index contributed by atoms with van der Waals surface area (Å²) in [7, 11) is 0. The van der Waals surface area contributed by atoms with Crippen LogP contribution in [0.4, 0.5) is 0 Å². The van der Waals surface area contributed by atoms with E-state index in [2.05, 4.69) is 27.4 Å². The first-order chi connectivity index (χ1) is 7.92. The van der Waals surface area contributed by atoms with Gasteiger partial charge in [0.2, 0.25) is 0 Å². The van der Waals surface area contributed by atoms with Crippen LogP contribution < -0.4 is 0 Å². The molecule has 0 N–H and O–H groups in total. The van der Waals surface area contributed by atoms with E-state index in [0.29, 0.717) is 11.8 Å². The zero-order chi connectivity index (χ0) is 10.5. The summed E-state index contributed by atoms with van der Waals surface area (Å²) in [5.74, 6) is 1.28. The molecule has 0 unspecified atom stereocenters. The molecule has 1 aliphatic carbocycles. The van der Waals surface area contributed by atoms with Crippen LogP contribution in [0.5, 0.6) is 0 Å². The highest BCUT2D eigenvalue weighted by Crippen LogP contribution is 2.47. The summed E-state index contributed by atoms with van der Waals surface area (Å²) >= 11 is 0. The van der Waals surface area contributed by atoms with Gasteiger partial charge in [-0.2, -0.15) is 0 Å². The second-order valence-electron chi connectivity index (χ2n) is 4.74. The summed E-state index contributed by atoms with van der Waals surface area (Å²) in [4.78, 5) is 8.76. The van der Waals surface area contributed by atoms with Crippen molar-refractivity contribution in [2.75, 3.05) is 13.1 Å². The van der Waals surface area contributed by atoms with E-state index in [9.17, 15) is 0 Å². The molecule has 2 atom stereocenters. The summed E-state index contributed by atoms with van der Waals surface area (Å²) in [5.41, 5.74) is 4.99. The molecular weight excluding hydrogens is 198 g/mol. The Bertz CT molecular complexity index is 516. The van der Waals surface area contributed by atoms with E-state index in [-0.39, 0.29) is 0 Å². The van der Waals surface area contributed by atoms with Gasteiger partial charge in [-0.05, 0) is 41.5 Å². The maximum Gasteiger partial charge on any atom is 0.0889 e. The number of hydrogen-bond acceptors (Lipinski definition) is 2. The zero-order valence-electron chi connectivity index (χ0n) is 8.93. The van der Waals surface area contributed by atoms with Crippen molar-refractivity contribution < 1.29 is 0 Å². The van der Waals surface area contributed by atoms with Crippen LogP contribution in [0.25, 0.3) is 16.4 Å². The Hall–Kier alpha value is -1.48. The monoisotopic (exact) mass is 210 g/mol. The van der Waals surface area contributed by atoms with E-state index in [1.165, 1.54) is 17.5 Å². The van der Waals surface area contributed by atoms with Gasteiger partial charge in [0.15, 0.2) is 0 Å². The molecule has 1 aliphatic heterocycles. The Kier molecular flexibility index (Phi) is 1.63. The van der Waals surface area contributed by atoms with Gasteiger partial charge < -0.3 is 5.32 Å². The van der Waals surface area contributed by atoms with Gasteiger partial charge in [-0.15, -0.1) is 13.1 Å². The van der Waals surface area contributed by atoms with Gasteiger partial charge in [-0.25, -0.2) is 0 Å². The smallest absolute Gasteiger partial charge is 0.0889 e. The SMILES string of the molecule is c1cnc2cc3c(cc2n1)[C@@H]1C[N-]C[C@H]3C1. The molecule has 0 saturated carbocycles. The minimum atomic E-state index is 0.639. The highest BCUT2D eigenvalue weighted by atomic mass is 14.9. The molecule has 1 fully saturated rings. The maximum absolute atomic E-state index is 4.57. The third kappa shape index (κ3) is 1.06. The molecule has 2 heterocycles. The average Bonchev–Trinajstić information content (AvgIpc) is 2.59. The zero-order valence-corrected chi connectivity index (χ0v) is 8.93. The third-order valence-electron chi connectivity index (χ3n) is 3.82. The molecule has 2 aliphatic rings. The highest BCUT2D eigenvalue weighted by molar-refractivity contribution is 5.77. The van der Waals surface area contributed by atoms with Gasteiger partial charge in [0.1, 0.15) is 0 Å². The largest absolute Gasteiger partial charge is 0.661 e. The van der Waals surface area contributed by atoms with Crippen LogP contribution in [0, 0.1) is 0 Å². The number of rotatable bonds is 0. The number of hydrogen-bond donors (Lipinski definition) is 0. The summed E-state index contributed by atoms with van der Waals surface area (Å²) in [6.07, 6.45) is 4.80. The Labute approximate surface area is 93.9 Å². The molecule has 2 bridgehead atoms. The Morgan fingerprint density at radius 2 is 1.50 bits per heavy atom. The van der Waals surface area contributed by atoms with Crippen LogP contribution in [-0.2, 0) is 0 Å². The van der Waals surface area contributed by atoms with E-state index < -0.39 is 0 Å². The van der Waals surface area contributed by atoms with Gasteiger partial charge >= 0.3 is 0 Å². The van der Waals surface area contributed by atoms with Crippen molar-refractivity contribution in [3.63, 3.8) is 0 Å². The fourth-order valence-corrected chi connectivity index (χ4v) is 3.08. The van der Waals surface area contributed by atoms with Crippen LogP contribution in [0.15, 0.2) is 24.5 Å². The quantitative estimate of drug-likeness (QED) is 0.670. The van der Waals surface area contributed by atoms with E-state index >= 15 is 0 Å². The van der Waals surface area contributed by atoms with Gasteiger partial charge in [0, 0.05) is 12.4 Å². The Morgan fingerprint density at radius 3 is 2.06 bits per heavy atom. The Morgan fingerprint density at radius 1 is 0.938 bits per heavy atom. The molecule has 1 aromatic heterocycles. The number of aromatic nitrogens is 2. The van der Waals surface area contributed by atoms with Crippen molar-refractivity contribution in [1.29, 1.82) is 0 Å². The lowest BCUT2D eigenvalue weighted by Crippen LogP contribution is -2.09. The van der Waals surface area contributed by atoms with Crippen molar-refractivity contribution in [2.24, 2.45) is 0 Å². The van der Waals surface area contributed by atoms with Crippen LogP contribution in [0.1, 0.15) is 29.4 Å². The van der Waals surface area contributed by atoms with E-state index in [4.69, 9.17) is 0 Å². The van der Waals surface area contributed by atoms with E-state index in [0.717, 1.165) is 24.1 Å². The van der Waals surface area contributed by atoms with Gasteiger partial charge in [0.05, 0.1) is 11.0 Å². The minimum absolute atomic E-state index is 0.639. The van der Waals surface area contributed by atoms with E-state index in [1.54, 1.807) is 12.4 Å². The predicted molar refractivity (Wildman–Crippen MR) is 62.7 cm³/mol. The fraction of sp³-hybridized carbons (Fsp3) is 0.385. The molecule has 0 amide bonds. The van der Waals surface area contributed by atoms with Crippen molar-refractivity contribution >= 4 is 11.0 Å². The number of piperidine rings is 1. The summed E-state index contributed by atoms with van der Waals surface area (Å²) in [5, 5.41) is 4.57. The van der Waals surface area contributed by atoms with Gasteiger partial charge in [0.25, 0.3) is 0 Å². The third-order valence-corrected chi connectivity index (χ3v) is 3.82. The molecule has 80 valence electrons. The lowest BCUT2D eigenvalue weighted by molar-refractivity contribution is 0.575. The predicted octanol–water partition coefficient (Wildman–Crippen LogP) is 2.59. The van der Waals surface area contributed by atoms with Crippen LogP contribution >= 0.6 is 0 Å². The molecule has 4 rings (SSSR count). The summed E-state index contributed by atoms with van der Waals surface area (Å²) < 4.78 is 0. The molecule has 3 heteroatoms. The first-order valence-electron chi connectivity index (χ1n) is 5.79. The second-order valence-corrected chi connectivity index (χ2v) is 4.74. The number of nitrogens with zero attached hydrogens (tertiary/aromatic N) is 3. The van der Waals surface area contributed by atoms with Crippen LogP contribution in [0.3, 0.4) is 0 Å². The van der Waals surface area contributed by atoms with Crippen molar-refractivity contribution in [1.82, 2.24) is 9.97 Å². The van der Waals surface area contributed by atoms with Gasteiger partial charge in [-0.1, -0.05) is 0 Å². The molecule has 2 aromatic rings. The fourth-order valence-electron chi connectivity index (χ4n) is 3.08. The van der Waals surface area contributed by atoms with E-state index in [1.807, 2.05) is 0 Å². The van der Waals surface area contributed by atoms with Crippen LogP contribution in [-0.4, -0.2) is 23.1 Å². The van der Waals surface area contributed by atoms with Crippen molar-refractivity contribution in [3.05, 3.63) is 41.0 Å². The molecule has 0 spiro atoms. The first kappa shape index (κ1) is 8.65. The topological polar surface area (TPSA) is 39.9 Å². The molecule has 1 saturated heterocycles. The highest BCUT2D eigenvalue weighted by Gasteiger charge is 2.30. The summed E-state index contributed by atoms with van der Waals surface area (Å²) in [6.45, 7) is 1.99. The van der Waals surface area contributed by atoms with Crippen LogP contribution in [0.2, 0.25) is 0 Å². The Balaban J connectivity index is 2.01. The number of benzene rings is 1. The lowest BCUT2D eigenvalue weighted by Gasteiger charge is -2.31. The molecular formula is C13H12N3-. The molecule has 3 nitrogen and oxygen atoms in total. The minimum Gasteiger partial charge on any atom is -0.661 e. The maximum atomic E-state index is 4.57. The van der Waals surface area contributed by atoms with Crippen molar-refractivity contribution in [3.8, 4) is 0 Å². The molecule has 0 radical (unpaired) electrons. The average molecular weight is 210 g/mol. The summed E-state index contributed by atoms with van der Waals surface area (Å²) in [6, 6.07) is 4.45.